The minimum atomic E-state index is -0.579. The number of anilines is 1. The number of ether oxygens (including phenoxy) is 1. The lowest BCUT2D eigenvalue weighted by atomic mass is 10.1. The fourth-order valence-corrected chi connectivity index (χ4v) is 4.25. The van der Waals surface area contributed by atoms with Crippen LogP contribution in [-0.2, 0) is 14.4 Å². The number of nitrogens with one attached hydrogen (secondary N) is 3. The highest BCUT2D eigenvalue weighted by molar-refractivity contribution is 9.11. The highest BCUT2D eigenvalue weighted by Crippen LogP contribution is 2.35. The van der Waals surface area contributed by atoms with Crippen LogP contribution in [0.15, 0.2) is 50.9 Å². The summed E-state index contributed by atoms with van der Waals surface area (Å²) in [5, 5.41) is 7.52. The summed E-state index contributed by atoms with van der Waals surface area (Å²) >= 11 is 11.6. The molecule has 0 saturated carbocycles. The molecule has 0 radical (unpaired) electrons. The molecule has 3 N–H and O–H groups in total. The highest BCUT2D eigenvalue weighted by Gasteiger charge is 2.25. The minimum absolute atomic E-state index is 0.0303. The number of halogens is 2. The van der Waals surface area contributed by atoms with Gasteiger partial charge in [0.15, 0.2) is 11.7 Å². The Balaban J connectivity index is 1.72. The summed E-state index contributed by atoms with van der Waals surface area (Å²) in [6.07, 6.45) is 1.43. The molecule has 1 aliphatic rings. The van der Waals surface area contributed by atoms with E-state index in [1.165, 1.54) is 6.08 Å². The first kappa shape index (κ1) is 22.1. The third kappa shape index (κ3) is 5.32. The predicted octanol–water partition coefficient (Wildman–Crippen LogP) is 3.45. The van der Waals surface area contributed by atoms with Crippen LogP contribution in [0.3, 0.4) is 0 Å². The first-order valence-electron chi connectivity index (χ1n) is 8.60. The molecule has 2 aromatic rings. The van der Waals surface area contributed by atoms with Gasteiger partial charge in [-0.05, 0) is 86.4 Å². The van der Waals surface area contributed by atoms with Crippen LogP contribution in [0, 0.1) is 6.92 Å². The zero-order valence-corrected chi connectivity index (χ0v) is 19.5. The van der Waals surface area contributed by atoms with Crippen LogP contribution < -0.4 is 20.7 Å². The molecular formula is C20H15Br2N3O4S. The summed E-state index contributed by atoms with van der Waals surface area (Å²) in [4.78, 5) is 36.2. The third-order valence-corrected chi connectivity index (χ3v) is 5.42. The van der Waals surface area contributed by atoms with Crippen LogP contribution in [0.25, 0.3) is 6.08 Å². The van der Waals surface area contributed by atoms with Crippen LogP contribution in [0.5, 0.6) is 5.75 Å². The monoisotopic (exact) mass is 551 g/mol. The van der Waals surface area contributed by atoms with Crippen molar-refractivity contribution >= 4 is 78.7 Å². The van der Waals surface area contributed by atoms with Crippen molar-refractivity contribution in [2.24, 2.45) is 0 Å². The van der Waals surface area contributed by atoms with Crippen LogP contribution in [0.1, 0.15) is 11.1 Å². The molecule has 0 spiro atoms. The van der Waals surface area contributed by atoms with Gasteiger partial charge in [-0.15, -0.1) is 0 Å². The second-order valence-electron chi connectivity index (χ2n) is 6.26. The van der Waals surface area contributed by atoms with Crippen LogP contribution in [-0.4, -0.2) is 29.4 Å². The molecule has 0 atom stereocenters. The molecule has 0 aliphatic carbocycles. The van der Waals surface area contributed by atoms with Gasteiger partial charge in [-0.3, -0.25) is 25.0 Å². The van der Waals surface area contributed by atoms with Gasteiger partial charge < -0.3 is 10.1 Å². The van der Waals surface area contributed by atoms with E-state index >= 15 is 0 Å². The van der Waals surface area contributed by atoms with Gasteiger partial charge >= 0.3 is 0 Å². The van der Waals surface area contributed by atoms with Gasteiger partial charge in [-0.2, -0.15) is 0 Å². The first-order chi connectivity index (χ1) is 14.2. The number of aryl methyl sites for hydroxylation is 1. The number of hydrogen-bond donors (Lipinski definition) is 3. The topological polar surface area (TPSA) is 96.5 Å². The average molecular weight is 553 g/mol. The van der Waals surface area contributed by atoms with E-state index in [0.29, 0.717) is 20.3 Å². The van der Waals surface area contributed by atoms with Crippen molar-refractivity contribution in [1.82, 2.24) is 10.6 Å². The Morgan fingerprint density at radius 2 is 1.73 bits per heavy atom. The molecule has 154 valence electrons. The summed E-state index contributed by atoms with van der Waals surface area (Å²) in [7, 11) is 0. The number of para-hydroxylation sites is 1. The quantitative estimate of drug-likeness (QED) is 0.300. The Morgan fingerprint density at radius 1 is 1.13 bits per heavy atom. The summed E-state index contributed by atoms with van der Waals surface area (Å²) in [5.41, 5.74) is 2.16. The van der Waals surface area contributed by atoms with Gasteiger partial charge in [0.05, 0.1) is 8.95 Å². The largest absolute Gasteiger partial charge is 0.481 e. The van der Waals surface area contributed by atoms with Crippen molar-refractivity contribution in [1.29, 1.82) is 0 Å². The molecule has 7 nitrogen and oxygen atoms in total. The van der Waals surface area contributed by atoms with Gasteiger partial charge in [0.1, 0.15) is 11.3 Å². The van der Waals surface area contributed by atoms with E-state index in [0.717, 1.165) is 11.3 Å². The highest BCUT2D eigenvalue weighted by atomic mass is 79.9. The molecule has 10 heteroatoms. The number of hydrogen-bond acceptors (Lipinski definition) is 5. The van der Waals surface area contributed by atoms with Crippen molar-refractivity contribution in [3.8, 4) is 5.75 Å². The molecule has 1 aliphatic heterocycles. The van der Waals surface area contributed by atoms with Gasteiger partial charge in [0.25, 0.3) is 17.7 Å². The molecular weight excluding hydrogens is 538 g/mol. The third-order valence-electron chi connectivity index (χ3n) is 4.04. The Bertz CT molecular complexity index is 1060. The minimum Gasteiger partial charge on any atom is -0.481 e. The number of carbonyl (C=O) groups excluding carboxylic acids is 3. The molecule has 0 aromatic heterocycles. The number of thiocarbonyl (C=S) groups is 1. The van der Waals surface area contributed by atoms with Crippen LogP contribution in [0.4, 0.5) is 5.69 Å². The van der Waals surface area contributed by atoms with Gasteiger partial charge in [-0.1, -0.05) is 18.2 Å². The van der Waals surface area contributed by atoms with Crippen LogP contribution in [0.2, 0.25) is 0 Å². The van der Waals surface area contributed by atoms with Crippen molar-refractivity contribution in [2.45, 2.75) is 6.92 Å². The van der Waals surface area contributed by atoms with Gasteiger partial charge in [-0.25, -0.2) is 0 Å². The maximum Gasteiger partial charge on any atom is 0.263 e. The maximum absolute atomic E-state index is 12.2. The average Bonchev–Trinajstić information content (AvgIpc) is 2.66. The Kier molecular flexibility index (Phi) is 7.01. The normalized spacial score (nSPS) is 13.4. The predicted molar refractivity (Wildman–Crippen MR) is 124 cm³/mol. The van der Waals surface area contributed by atoms with Gasteiger partial charge in [0.2, 0.25) is 0 Å². The smallest absolute Gasteiger partial charge is 0.263 e. The SMILES string of the molecule is Cc1ccccc1NC(=O)COc1c(Br)cc(C=C2C(=O)NC(=S)NC2=O)cc1Br. The molecule has 1 saturated heterocycles. The zero-order chi connectivity index (χ0) is 21.8. The molecule has 3 rings (SSSR count). The second kappa shape index (κ2) is 9.50. The number of carbonyl (C=O) groups is 3. The lowest BCUT2D eigenvalue weighted by Gasteiger charge is -2.16. The van der Waals surface area contributed by atoms with E-state index in [4.69, 9.17) is 17.0 Å². The lowest BCUT2D eigenvalue weighted by Crippen LogP contribution is -2.51. The maximum atomic E-state index is 12.2. The molecule has 1 fully saturated rings. The summed E-state index contributed by atoms with van der Waals surface area (Å²) in [6.45, 7) is 1.70. The number of amides is 3. The van der Waals surface area contributed by atoms with Crippen LogP contribution >= 0.6 is 44.1 Å². The van der Waals surface area contributed by atoms with E-state index in [1.54, 1.807) is 12.1 Å². The van der Waals surface area contributed by atoms with E-state index in [1.807, 2.05) is 31.2 Å². The molecule has 2 aromatic carbocycles. The summed E-state index contributed by atoms with van der Waals surface area (Å²) in [5.74, 6) is -1.05. The molecule has 1 heterocycles. The number of benzene rings is 2. The van der Waals surface area contributed by atoms with E-state index in [9.17, 15) is 14.4 Å². The Morgan fingerprint density at radius 3 is 2.33 bits per heavy atom. The molecule has 0 unspecified atom stereocenters. The van der Waals surface area contributed by atoms with Crippen molar-refractivity contribution in [3.05, 3.63) is 62.0 Å². The van der Waals surface area contributed by atoms with Crippen molar-refractivity contribution < 1.29 is 19.1 Å². The summed E-state index contributed by atoms with van der Waals surface area (Å²) < 4.78 is 6.72. The van der Waals surface area contributed by atoms with Crippen molar-refractivity contribution in [3.63, 3.8) is 0 Å². The zero-order valence-electron chi connectivity index (χ0n) is 15.5. The molecule has 3 amide bonds. The van der Waals surface area contributed by atoms with E-state index in [-0.39, 0.29) is 23.2 Å². The Labute approximate surface area is 194 Å². The fourth-order valence-electron chi connectivity index (χ4n) is 2.61. The molecule has 0 bridgehead atoms. The van der Waals surface area contributed by atoms with Gasteiger partial charge in [0, 0.05) is 5.69 Å². The standard InChI is InChI=1S/C20H15Br2N3O4S/c1-10-4-2-3-5-15(10)23-16(26)9-29-17-13(21)7-11(8-14(17)22)6-12-18(27)24-20(30)25-19(12)28/h2-8H,9H2,1H3,(H,23,26)(H2,24,25,27,28,30). The first-order valence-corrected chi connectivity index (χ1v) is 10.6. The van der Waals surface area contributed by atoms with E-state index in [2.05, 4.69) is 47.8 Å². The molecule has 30 heavy (non-hydrogen) atoms. The lowest BCUT2D eigenvalue weighted by molar-refractivity contribution is -0.123. The number of rotatable bonds is 5. The summed E-state index contributed by atoms with van der Waals surface area (Å²) in [6, 6.07) is 10.8. The van der Waals surface area contributed by atoms with Crippen molar-refractivity contribution in [2.75, 3.05) is 11.9 Å². The Hall–Kier alpha value is -2.56. The van der Waals surface area contributed by atoms with E-state index < -0.39 is 11.8 Å². The second-order valence-corrected chi connectivity index (χ2v) is 8.38. The fraction of sp³-hybridized carbons (Fsp3) is 0.100.